The lowest BCUT2D eigenvalue weighted by Gasteiger charge is -2.31. The van der Waals surface area contributed by atoms with E-state index in [0.29, 0.717) is 17.9 Å². The number of anilines is 1. The van der Waals surface area contributed by atoms with Crippen LogP contribution in [0.4, 0.5) is 5.69 Å². The van der Waals surface area contributed by atoms with E-state index in [4.69, 9.17) is 16.3 Å². The van der Waals surface area contributed by atoms with Gasteiger partial charge in [-0.1, -0.05) is 11.6 Å². The van der Waals surface area contributed by atoms with E-state index >= 15 is 0 Å². The fourth-order valence-corrected chi connectivity index (χ4v) is 2.90. The van der Waals surface area contributed by atoms with Gasteiger partial charge in [-0.15, -0.1) is 0 Å². The minimum Gasteiger partial charge on any atom is -0.458 e. The molecular formula is C16H22ClNO3. The van der Waals surface area contributed by atoms with Crippen molar-refractivity contribution in [2.24, 2.45) is 0 Å². The van der Waals surface area contributed by atoms with Gasteiger partial charge in [0.2, 0.25) is 0 Å². The van der Waals surface area contributed by atoms with E-state index in [1.54, 1.807) is 11.0 Å². The van der Waals surface area contributed by atoms with Gasteiger partial charge >= 0.3 is 5.97 Å². The lowest BCUT2D eigenvalue weighted by atomic mass is 10.1. The highest BCUT2D eigenvalue weighted by atomic mass is 35.5. The van der Waals surface area contributed by atoms with Gasteiger partial charge in [0.1, 0.15) is 17.9 Å². The average Bonchev–Trinajstić information content (AvgIpc) is 2.67. The van der Waals surface area contributed by atoms with E-state index in [9.17, 15) is 9.90 Å². The highest BCUT2D eigenvalue weighted by Crippen LogP contribution is 2.33. The Kier molecular flexibility index (Phi) is 4.49. The maximum absolute atomic E-state index is 12.4. The second-order valence-electron chi connectivity index (χ2n) is 6.50. The minimum absolute atomic E-state index is 0.309. The minimum atomic E-state index is -0.694. The molecule has 0 radical (unpaired) electrons. The van der Waals surface area contributed by atoms with E-state index in [0.717, 1.165) is 11.3 Å². The van der Waals surface area contributed by atoms with Crippen molar-refractivity contribution in [1.82, 2.24) is 0 Å². The van der Waals surface area contributed by atoms with Crippen molar-refractivity contribution in [3.8, 4) is 0 Å². The first-order valence-electron chi connectivity index (χ1n) is 7.14. The molecule has 2 rings (SSSR count). The van der Waals surface area contributed by atoms with Crippen LogP contribution in [0.3, 0.4) is 0 Å². The molecular weight excluding hydrogens is 290 g/mol. The zero-order chi connectivity index (χ0) is 15.8. The summed E-state index contributed by atoms with van der Waals surface area (Å²) < 4.78 is 5.46. The van der Waals surface area contributed by atoms with Crippen molar-refractivity contribution in [3.63, 3.8) is 0 Å². The normalized spacial score (nSPS) is 22.5. The first-order valence-corrected chi connectivity index (χ1v) is 7.51. The number of carbonyl (C=O) groups excluding carboxylic acids is 1. The van der Waals surface area contributed by atoms with Crippen LogP contribution < -0.4 is 4.90 Å². The Morgan fingerprint density at radius 3 is 2.57 bits per heavy atom. The van der Waals surface area contributed by atoms with Crippen molar-refractivity contribution < 1.29 is 14.6 Å². The molecule has 0 spiro atoms. The van der Waals surface area contributed by atoms with Gasteiger partial charge in [0.15, 0.2) is 0 Å². The van der Waals surface area contributed by atoms with Gasteiger partial charge in [0, 0.05) is 10.7 Å². The van der Waals surface area contributed by atoms with E-state index < -0.39 is 17.9 Å². The highest BCUT2D eigenvalue weighted by Gasteiger charge is 2.39. The summed E-state index contributed by atoms with van der Waals surface area (Å²) in [5.74, 6) is -0.309. The molecule has 1 aromatic carbocycles. The van der Waals surface area contributed by atoms with Gasteiger partial charge in [0.25, 0.3) is 0 Å². The Hall–Kier alpha value is -1.26. The molecule has 21 heavy (non-hydrogen) atoms. The smallest absolute Gasteiger partial charge is 0.329 e. The first-order chi connectivity index (χ1) is 9.67. The number of aliphatic hydroxyl groups is 1. The molecule has 4 nitrogen and oxygen atoms in total. The zero-order valence-corrected chi connectivity index (χ0v) is 13.6. The molecule has 1 saturated heterocycles. The summed E-state index contributed by atoms with van der Waals surface area (Å²) in [6.45, 7) is 7.44. The molecule has 2 atom stereocenters. The molecule has 116 valence electrons. The van der Waals surface area contributed by atoms with Crippen molar-refractivity contribution in [2.45, 2.75) is 58.4 Å². The summed E-state index contributed by atoms with van der Waals surface area (Å²) in [4.78, 5) is 14.1. The van der Waals surface area contributed by atoms with Crippen LogP contribution in [0.25, 0.3) is 0 Å². The van der Waals surface area contributed by atoms with E-state index in [-0.39, 0.29) is 5.97 Å². The Balaban J connectivity index is 2.28. The molecule has 0 bridgehead atoms. The summed E-state index contributed by atoms with van der Waals surface area (Å²) in [6.07, 6.45) is 0.414. The third-order valence-corrected chi connectivity index (χ3v) is 3.58. The van der Waals surface area contributed by atoms with Crippen LogP contribution in [0.15, 0.2) is 18.2 Å². The van der Waals surface area contributed by atoms with Crippen molar-refractivity contribution in [3.05, 3.63) is 28.8 Å². The number of rotatable bonds is 2. The average molecular weight is 312 g/mol. The van der Waals surface area contributed by atoms with Gasteiger partial charge in [-0.25, -0.2) is 4.79 Å². The second kappa shape index (κ2) is 5.85. The molecule has 5 heteroatoms. The lowest BCUT2D eigenvalue weighted by molar-refractivity contribution is -0.156. The standard InChI is InChI=1S/C16H22ClNO3/c1-10-7-11(17)9-12(8-10)18-13(5-6-14(18)19)15(20)21-16(2,3)4/h7-9,13-14,19H,5-6H2,1-4H3/t13-,14?/m1/s1. The molecule has 1 fully saturated rings. The fourth-order valence-electron chi connectivity index (χ4n) is 2.61. The molecule has 0 aliphatic carbocycles. The molecule has 1 heterocycles. The quantitative estimate of drug-likeness (QED) is 0.852. The Labute approximate surface area is 130 Å². The summed E-state index contributed by atoms with van der Waals surface area (Å²) >= 11 is 6.09. The topological polar surface area (TPSA) is 49.8 Å². The van der Waals surface area contributed by atoms with Gasteiger partial charge in [0.05, 0.1) is 0 Å². The SMILES string of the molecule is Cc1cc(Cl)cc(N2C(O)CC[C@@H]2C(=O)OC(C)(C)C)c1. The number of benzene rings is 1. The third kappa shape index (κ3) is 3.89. The van der Waals surface area contributed by atoms with Crippen LogP contribution in [-0.2, 0) is 9.53 Å². The van der Waals surface area contributed by atoms with Gasteiger partial charge < -0.3 is 14.7 Å². The number of aryl methyl sites for hydroxylation is 1. The van der Waals surface area contributed by atoms with E-state index in [1.165, 1.54) is 0 Å². The predicted octanol–water partition coefficient (Wildman–Crippen LogP) is 3.28. The van der Waals surface area contributed by atoms with E-state index in [1.807, 2.05) is 39.8 Å². The monoisotopic (exact) mass is 311 g/mol. The number of hydrogen-bond acceptors (Lipinski definition) is 4. The Morgan fingerprint density at radius 2 is 2.00 bits per heavy atom. The molecule has 0 aromatic heterocycles. The van der Waals surface area contributed by atoms with E-state index in [2.05, 4.69) is 0 Å². The van der Waals surface area contributed by atoms with Gasteiger partial charge in [-0.3, -0.25) is 0 Å². The third-order valence-electron chi connectivity index (χ3n) is 3.36. The van der Waals surface area contributed by atoms with Gasteiger partial charge in [-0.2, -0.15) is 0 Å². The lowest BCUT2D eigenvalue weighted by Crippen LogP contribution is -2.44. The van der Waals surface area contributed by atoms with Crippen LogP contribution in [0.5, 0.6) is 0 Å². The molecule has 0 saturated carbocycles. The summed E-state index contributed by atoms with van der Waals surface area (Å²) in [7, 11) is 0. The number of halogens is 1. The fraction of sp³-hybridized carbons (Fsp3) is 0.562. The summed E-state index contributed by atoms with van der Waals surface area (Å²) in [5.41, 5.74) is 1.20. The molecule has 1 unspecified atom stereocenters. The largest absolute Gasteiger partial charge is 0.458 e. The van der Waals surface area contributed by atoms with Crippen LogP contribution in [0, 0.1) is 6.92 Å². The molecule has 1 aliphatic heterocycles. The predicted molar refractivity (Wildman–Crippen MR) is 83.5 cm³/mol. The summed E-state index contributed by atoms with van der Waals surface area (Å²) in [5, 5.41) is 10.8. The molecule has 1 aromatic rings. The number of carbonyl (C=O) groups is 1. The number of hydrogen-bond donors (Lipinski definition) is 1. The molecule has 0 amide bonds. The van der Waals surface area contributed by atoms with Crippen molar-refractivity contribution in [1.29, 1.82) is 0 Å². The van der Waals surface area contributed by atoms with Crippen LogP contribution in [0.2, 0.25) is 5.02 Å². The Morgan fingerprint density at radius 1 is 1.33 bits per heavy atom. The van der Waals surface area contributed by atoms with Crippen molar-refractivity contribution in [2.75, 3.05) is 4.90 Å². The van der Waals surface area contributed by atoms with Crippen LogP contribution in [0.1, 0.15) is 39.2 Å². The van der Waals surface area contributed by atoms with Crippen LogP contribution in [-0.4, -0.2) is 28.9 Å². The van der Waals surface area contributed by atoms with Crippen molar-refractivity contribution >= 4 is 23.3 Å². The first kappa shape index (κ1) is 16.1. The van der Waals surface area contributed by atoms with Crippen LogP contribution >= 0.6 is 11.6 Å². The number of aliphatic hydroxyl groups excluding tert-OH is 1. The number of esters is 1. The Bertz CT molecular complexity index is 519. The highest BCUT2D eigenvalue weighted by molar-refractivity contribution is 6.30. The molecule has 1 aliphatic rings. The van der Waals surface area contributed by atoms with Gasteiger partial charge in [-0.05, 0) is 64.3 Å². The zero-order valence-electron chi connectivity index (χ0n) is 12.9. The number of ether oxygens (including phenoxy) is 1. The molecule has 1 N–H and O–H groups in total. The maximum Gasteiger partial charge on any atom is 0.329 e. The second-order valence-corrected chi connectivity index (χ2v) is 6.94. The maximum atomic E-state index is 12.4. The summed E-state index contributed by atoms with van der Waals surface area (Å²) in [6, 6.07) is 5.05. The number of nitrogens with zero attached hydrogens (tertiary/aromatic N) is 1.